The predicted octanol–water partition coefficient (Wildman–Crippen LogP) is 4.52. The van der Waals surface area contributed by atoms with Crippen LogP contribution in [0.3, 0.4) is 0 Å². The van der Waals surface area contributed by atoms with Crippen molar-refractivity contribution in [3.63, 3.8) is 0 Å². The maximum atomic E-state index is 12.9. The first-order valence-electron chi connectivity index (χ1n) is 6.73. The second-order valence-corrected chi connectivity index (χ2v) is 4.86. The van der Waals surface area contributed by atoms with E-state index in [4.69, 9.17) is 10.5 Å². The molecule has 2 aromatic carbocycles. The molecule has 0 aliphatic rings. The van der Waals surface area contributed by atoms with Crippen LogP contribution in [0.5, 0.6) is 11.5 Å². The summed E-state index contributed by atoms with van der Waals surface area (Å²) in [5.74, 6) is 0.157. The van der Waals surface area contributed by atoms with Crippen LogP contribution in [0.25, 0.3) is 0 Å². The summed E-state index contributed by atoms with van der Waals surface area (Å²) in [5, 5.41) is 9.49. The van der Waals surface area contributed by atoms with E-state index in [9.17, 15) is 18.3 Å². The first-order valence-corrected chi connectivity index (χ1v) is 6.73. The monoisotopic (exact) mass is 311 g/mol. The van der Waals surface area contributed by atoms with E-state index in [2.05, 4.69) is 0 Å². The van der Waals surface area contributed by atoms with E-state index < -0.39 is 17.8 Å². The Balaban J connectivity index is 2.29. The van der Waals surface area contributed by atoms with Gasteiger partial charge in [0.05, 0.1) is 5.56 Å². The summed E-state index contributed by atoms with van der Waals surface area (Å²) in [4.78, 5) is 0. The Hall–Kier alpha value is -2.37. The smallest absolute Gasteiger partial charge is 0.418 e. The van der Waals surface area contributed by atoms with Crippen LogP contribution < -0.4 is 10.5 Å². The highest BCUT2D eigenvalue weighted by Gasteiger charge is 2.33. The molecule has 2 aromatic rings. The molecule has 0 fully saturated rings. The Kier molecular flexibility index (Phi) is 4.49. The molecule has 6 heteroatoms. The van der Waals surface area contributed by atoms with E-state index in [-0.39, 0.29) is 17.2 Å². The standard InChI is InChI=1S/C16H16F3NO2/c1-2-15(10-4-3-5-11(21)8-10)22-12-6-7-14(20)13(9-12)16(17,18)19/h3-9,15,21H,2,20H2,1H3. The minimum atomic E-state index is -4.53. The van der Waals surface area contributed by atoms with Crippen LogP contribution in [-0.4, -0.2) is 5.11 Å². The zero-order valence-electron chi connectivity index (χ0n) is 11.9. The number of aromatic hydroxyl groups is 1. The van der Waals surface area contributed by atoms with E-state index in [1.807, 2.05) is 6.92 Å². The number of benzene rings is 2. The molecule has 0 saturated carbocycles. The number of nitrogen functional groups attached to an aromatic ring is 1. The number of phenolic OH excluding ortho intramolecular Hbond substituents is 1. The molecule has 3 N–H and O–H groups in total. The van der Waals surface area contributed by atoms with Crippen molar-refractivity contribution in [1.82, 2.24) is 0 Å². The summed E-state index contributed by atoms with van der Waals surface area (Å²) in [5.41, 5.74) is 4.79. The van der Waals surface area contributed by atoms with Crippen molar-refractivity contribution in [1.29, 1.82) is 0 Å². The van der Waals surface area contributed by atoms with Gasteiger partial charge in [0, 0.05) is 5.69 Å². The summed E-state index contributed by atoms with van der Waals surface area (Å²) in [6, 6.07) is 9.90. The summed E-state index contributed by atoms with van der Waals surface area (Å²) < 4.78 is 44.2. The van der Waals surface area contributed by atoms with Gasteiger partial charge in [-0.3, -0.25) is 0 Å². The van der Waals surface area contributed by atoms with E-state index in [1.54, 1.807) is 12.1 Å². The SMILES string of the molecule is CCC(Oc1ccc(N)c(C(F)(F)F)c1)c1cccc(O)c1. The lowest BCUT2D eigenvalue weighted by Crippen LogP contribution is -2.11. The van der Waals surface area contributed by atoms with Crippen LogP contribution in [0, 0.1) is 0 Å². The van der Waals surface area contributed by atoms with Gasteiger partial charge in [0.2, 0.25) is 0 Å². The molecule has 0 saturated heterocycles. The number of anilines is 1. The van der Waals surface area contributed by atoms with Crippen LogP contribution in [0.4, 0.5) is 18.9 Å². The third-order valence-electron chi connectivity index (χ3n) is 3.22. The van der Waals surface area contributed by atoms with Gasteiger partial charge in [-0.15, -0.1) is 0 Å². The molecular weight excluding hydrogens is 295 g/mol. The van der Waals surface area contributed by atoms with E-state index >= 15 is 0 Å². The number of ether oxygens (including phenoxy) is 1. The third kappa shape index (κ3) is 3.63. The number of nitrogens with two attached hydrogens (primary N) is 1. The Morgan fingerprint density at radius 2 is 1.91 bits per heavy atom. The van der Waals surface area contributed by atoms with Gasteiger partial charge in [-0.2, -0.15) is 13.2 Å². The normalized spacial score (nSPS) is 12.9. The molecule has 1 atom stereocenters. The Labute approximate surface area is 126 Å². The second-order valence-electron chi connectivity index (χ2n) is 4.86. The topological polar surface area (TPSA) is 55.5 Å². The molecular formula is C16H16F3NO2. The van der Waals surface area contributed by atoms with Crippen molar-refractivity contribution in [2.45, 2.75) is 25.6 Å². The van der Waals surface area contributed by atoms with E-state index in [0.717, 1.165) is 6.07 Å². The van der Waals surface area contributed by atoms with Gasteiger partial charge in [0.15, 0.2) is 0 Å². The number of halogens is 3. The second kappa shape index (κ2) is 6.17. The lowest BCUT2D eigenvalue weighted by Gasteiger charge is -2.19. The lowest BCUT2D eigenvalue weighted by atomic mass is 10.1. The van der Waals surface area contributed by atoms with Crippen LogP contribution in [0.15, 0.2) is 42.5 Å². The minimum Gasteiger partial charge on any atom is -0.508 e. The Morgan fingerprint density at radius 1 is 1.18 bits per heavy atom. The number of rotatable bonds is 4. The van der Waals surface area contributed by atoms with Gasteiger partial charge in [-0.25, -0.2) is 0 Å². The Bertz CT molecular complexity index is 656. The fourth-order valence-electron chi connectivity index (χ4n) is 2.13. The van der Waals surface area contributed by atoms with Crippen LogP contribution in [0.2, 0.25) is 0 Å². The molecule has 0 aliphatic carbocycles. The van der Waals surface area contributed by atoms with Crippen molar-refractivity contribution >= 4 is 5.69 Å². The first-order chi connectivity index (χ1) is 10.3. The maximum absolute atomic E-state index is 12.9. The molecule has 3 nitrogen and oxygen atoms in total. The van der Waals surface area contributed by atoms with Gasteiger partial charge in [0.25, 0.3) is 0 Å². The first kappa shape index (κ1) is 16.0. The average Bonchev–Trinajstić information content (AvgIpc) is 2.45. The van der Waals surface area contributed by atoms with Gasteiger partial charge in [-0.1, -0.05) is 19.1 Å². The molecule has 0 radical (unpaired) electrons. The molecule has 0 heterocycles. The molecule has 22 heavy (non-hydrogen) atoms. The van der Waals surface area contributed by atoms with Crippen LogP contribution >= 0.6 is 0 Å². The lowest BCUT2D eigenvalue weighted by molar-refractivity contribution is -0.137. The quantitative estimate of drug-likeness (QED) is 0.816. The van der Waals surface area contributed by atoms with E-state index in [1.165, 1.54) is 24.3 Å². The molecule has 0 spiro atoms. The highest BCUT2D eigenvalue weighted by Crippen LogP contribution is 2.37. The molecule has 0 aromatic heterocycles. The number of phenols is 1. The summed E-state index contributed by atoms with van der Waals surface area (Å²) in [6.45, 7) is 1.84. The fraction of sp³-hybridized carbons (Fsp3) is 0.250. The average molecular weight is 311 g/mol. The van der Waals surface area contributed by atoms with Crippen LogP contribution in [-0.2, 0) is 6.18 Å². The largest absolute Gasteiger partial charge is 0.508 e. The predicted molar refractivity (Wildman–Crippen MR) is 77.6 cm³/mol. The number of alkyl halides is 3. The highest BCUT2D eigenvalue weighted by molar-refractivity contribution is 5.52. The zero-order chi connectivity index (χ0) is 16.3. The highest BCUT2D eigenvalue weighted by atomic mass is 19.4. The zero-order valence-corrected chi connectivity index (χ0v) is 11.9. The minimum absolute atomic E-state index is 0.0767. The van der Waals surface area contributed by atoms with Gasteiger partial charge >= 0.3 is 6.18 Å². The maximum Gasteiger partial charge on any atom is 0.418 e. The number of hydrogen-bond donors (Lipinski definition) is 2. The van der Waals surface area contributed by atoms with Crippen molar-refractivity contribution in [3.8, 4) is 11.5 Å². The molecule has 0 amide bonds. The van der Waals surface area contributed by atoms with Crippen molar-refractivity contribution in [3.05, 3.63) is 53.6 Å². The van der Waals surface area contributed by atoms with Gasteiger partial charge < -0.3 is 15.6 Å². The van der Waals surface area contributed by atoms with Crippen molar-refractivity contribution in [2.75, 3.05) is 5.73 Å². The van der Waals surface area contributed by atoms with Crippen molar-refractivity contribution < 1.29 is 23.0 Å². The molecule has 0 bridgehead atoms. The fourth-order valence-corrected chi connectivity index (χ4v) is 2.13. The molecule has 118 valence electrons. The van der Waals surface area contributed by atoms with Gasteiger partial charge in [-0.05, 0) is 42.3 Å². The molecule has 0 aliphatic heterocycles. The summed E-state index contributed by atoms with van der Waals surface area (Å²) >= 11 is 0. The molecule has 1 unspecified atom stereocenters. The van der Waals surface area contributed by atoms with Gasteiger partial charge in [0.1, 0.15) is 17.6 Å². The summed E-state index contributed by atoms with van der Waals surface area (Å²) in [7, 11) is 0. The van der Waals surface area contributed by atoms with Crippen molar-refractivity contribution in [2.24, 2.45) is 0 Å². The van der Waals surface area contributed by atoms with Crippen LogP contribution in [0.1, 0.15) is 30.6 Å². The molecule has 2 rings (SSSR count). The third-order valence-corrected chi connectivity index (χ3v) is 3.22. The Morgan fingerprint density at radius 3 is 2.50 bits per heavy atom. The van der Waals surface area contributed by atoms with E-state index in [0.29, 0.717) is 12.0 Å². The summed E-state index contributed by atoms with van der Waals surface area (Å²) in [6.07, 6.45) is -4.46. The number of hydrogen-bond acceptors (Lipinski definition) is 3.